The normalized spacial score (nSPS) is 22.0. The Balaban J connectivity index is 2.33. The van der Waals surface area contributed by atoms with Crippen molar-refractivity contribution in [2.75, 3.05) is 0 Å². The van der Waals surface area contributed by atoms with Crippen molar-refractivity contribution in [2.45, 2.75) is 76.9 Å². The molecule has 0 aliphatic heterocycles. The van der Waals surface area contributed by atoms with Gasteiger partial charge in [0.2, 0.25) is 0 Å². The van der Waals surface area contributed by atoms with Crippen molar-refractivity contribution in [2.24, 2.45) is 5.92 Å². The van der Waals surface area contributed by atoms with Crippen molar-refractivity contribution < 1.29 is 0 Å². The zero-order valence-corrected chi connectivity index (χ0v) is 10.8. The monoisotopic (exact) mass is 218 g/mol. The zero-order valence-electron chi connectivity index (χ0n) is 10.8. The minimum absolute atomic E-state index is 0.685. The second kappa shape index (κ2) is 8.90. The molecule has 90 valence electrons. The first kappa shape index (κ1) is 13.9. The molecule has 0 aromatic rings. The van der Waals surface area contributed by atoms with Gasteiger partial charge in [-0.05, 0) is 18.8 Å². The first-order valence-electron chi connectivity index (χ1n) is 7.22. The van der Waals surface area contributed by atoms with Gasteiger partial charge in [0, 0.05) is 0 Å². The van der Waals surface area contributed by atoms with Gasteiger partial charge in [0.15, 0.2) is 0 Å². The molecule has 1 fully saturated rings. The maximum Gasteiger partial charge on any atom is 0.0712 e. The Morgan fingerprint density at radius 3 is 1.56 bits per heavy atom. The van der Waals surface area contributed by atoms with Crippen molar-refractivity contribution in [1.29, 1.82) is 0 Å². The van der Waals surface area contributed by atoms with Gasteiger partial charge < -0.3 is 0 Å². The minimum atomic E-state index is 0.685. The maximum atomic E-state index is 5.72. The average Bonchev–Trinajstić information content (AvgIpc) is 2.29. The topological polar surface area (TPSA) is 0 Å². The molecule has 1 rings (SSSR count). The summed E-state index contributed by atoms with van der Waals surface area (Å²) in [5, 5.41) is 0. The second-order valence-electron chi connectivity index (χ2n) is 5.32. The molecule has 1 saturated carbocycles. The van der Waals surface area contributed by atoms with Gasteiger partial charge >= 0.3 is 0 Å². The van der Waals surface area contributed by atoms with Crippen LogP contribution in [0.3, 0.4) is 0 Å². The molecule has 0 heterocycles. The summed E-state index contributed by atoms with van der Waals surface area (Å²) >= 11 is 0. The van der Waals surface area contributed by atoms with E-state index in [1.54, 1.807) is 0 Å². The lowest BCUT2D eigenvalue weighted by molar-refractivity contribution is 0.436. The zero-order chi connectivity index (χ0) is 11.6. The Kier molecular flexibility index (Phi) is 7.71. The molecule has 1 aliphatic carbocycles. The average molecular weight is 218 g/mol. The van der Waals surface area contributed by atoms with E-state index in [-0.39, 0.29) is 0 Å². The molecule has 16 heavy (non-hydrogen) atoms. The fraction of sp³-hybridized carbons (Fsp3) is 0.867. The number of rotatable bonds is 2. The fourth-order valence-corrected chi connectivity index (χ4v) is 2.74. The summed E-state index contributed by atoms with van der Waals surface area (Å²) < 4.78 is 0. The van der Waals surface area contributed by atoms with Crippen LogP contribution in [0.5, 0.6) is 0 Å². The standard InChI is InChI=1S/C15H27B/c1-14(13-16)15-11-9-7-5-3-2-4-6-8-10-12-15/h15H,1-13H2. The van der Waals surface area contributed by atoms with E-state index in [0.717, 1.165) is 0 Å². The third kappa shape index (κ3) is 5.77. The molecule has 0 spiro atoms. The Labute approximate surface area is 103 Å². The van der Waals surface area contributed by atoms with Gasteiger partial charge in [-0.1, -0.05) is 69.7 Å². The SMILES string of the molecule is [B]CC(=C)C1CCCCCCCCCCC1. The molecule has 1 aliphatic rings. The van der Waals surface area contributed by atoms with E-state index in [4.69, 9.17) is 7.85 Å². The van der Waals surface area contributed by atoms with E-state index in [1.165, 1.54) is 76.2 Å². The lowest BCUT2D eigenvalue weighted by Gasteiger charge is -2.19. The van der Waals surface area contributed by atoms with E-state index in [9.17, 15) is 0 Å². The molecule has 0 atom stereocenters. The Morgan fingerprint density at radius 1 is 0.812 bits per heavy atom. The first-order chi connectivity index (χ1) is 7.84. The first-order valence-corrected chi connectivity index (χ1v) is 7.22. The summed E-state index contributed by atoms with van der Waals surface area (Å²) in [6, 6.07) is 0. The largest absolute Gasteiger partial charge is 0.100 e. The van der Waals surface area contributed by atoms with Crippen LogP contribution in [0.4, 0.5) is 0 Å². The molecule has 0 amide bonds. The lowest BCUT2D eigenvalue weighted by atomic mass is 9.82. The Hall–Kier alpha value is -0.195. The van der Waals surface area contributed by atoms with E-state index < -0.39 is 0 Å². The van der Waals surface area contributed by atoms with Gasteiger partial charge in [-0.2, -0.15) is 0 Å². The van der Waals surface area contributed by atoms with Crippen LogP contribution in [0.15, 0.2) is 12.2 Å². The molecule has 0 nitrogen and oxygen atoms in total. The summed E-state index contributed by atoms with van der Waals surface area (Å²) in [4.78, 5) is 0. The van der Waals surface area contributed by atoms with Gasteiger partial charge in [-0.15, -0.1) is 6.58 Å². The Bertz CT molecular complexity index is 174. The number of allylic oxidation sites excluding steroid dienone is 1. The van der Waals surface area contributed by atoms with Crippen molar-refractivity contribution in [1.82, 2.24) is 0 Å². The van der Waals surface area contributed by atoms with Crippen molar-refractivity contribution in [3.05, 3.63) is 12.2 Å². The van der Waals surface area contributed by atoms with Gasteiger partial charge in [0.25, 0.3) is 0 Å². The van der Waals surface area contributed by atoms with Crippen molar-refractivity contribution in [3.8, 4) is 0 Å². The molecular formula is C15H27B. The predicted octanol–water partition coefficient (Wildman–Crippen LogP) is 5.05. The van der Waals surface area contributed by atoms with E-state index in [1.807, 2.05) is 0 Å². The van der Waals surface area contributed by atoms with Crippen molar-refractivity contribution in [3.63, 3.8) is 0 Å². The summed E-state index contributed by atoms with van der Waals surface area (Å²) in [6.45, 7) is 4.14. The summed E-state index contributed by atoms with van der Waals surface area (Å²) in [7, 11) is 5.72. The smallest absolute Gasteiger partial charge is 0.0712 e. The van der Waals surface area contributed by atoms with Crippen LogP contribution < -0.4 is 0 Å². The quantitative estimate of drug-likeness (QED) is 0.449. The second-order valence-corrected chi connectivity index (χ2v) is 5.32. The van der Waals surface area contributed by atoms with Crippen LogP contribution in [0.25, 0.3) is 0 Å². The van der Waals surface area contributed by atoms with E-state index >= 15 is 0 Å². The number of hydrogen-bond donors (Lipinski definition) is 0. The van der Waals surface area contributed by atoms with Crippen LogP contribution in [0, 0.1) is 5.92 Å². The molecule has 1 heteroatoms. The molecule has 0 saturated heterocycles. The molecule has 0 N–H and O–H groups in total. The predicted molar refractivity (Wildman–Crippen MR) is 74.0 cm³/mol. The van der Waals surface area contributed by atoms with Crippen molar-refractivity contribution >= 4 is 7.85 Å². The van der Waals surface area contributed by atoms with Crippen LogP contribution in [0.1, 0.15) is 70.6 Å². The summed E-state index contributed by atoms with van der Waals surface area (Å²) in [5.74, 6) is 0.712. The third-order valence-electron chi connectivity index (χ3n) is 3.94. The lowest BCUT2D eigenvalue weighted by Crippen LogP contribution is -2.04. The fourth-order valence-electron chi connectivity index (χ4n) is 2.74. The Morgan fingerprint density at radius 2 is 1.19 bits per heavy atom. The summed E-state index contributed by atoms with van der Waals surface area (Å²) in [6.07, 6.45) is 16.1. The highest BCUT2D eigenvalue weighted by Gasteiger charge is 2.11. The van der Waals surface area contributed by atoms with Gasteiger partial charge in [0.05, 0.1) is 7.85 Å². The summed E-state index contributed by atoms with van der Waals surface area (Å²) in [5.41, 5.74) is 1.29. The molecule has 0 bridgehead atoms. The van der Waals surface area contributed by atoms with Gasteiger partial charge in [0.1, 0.15) is 0 Å². The molecule has 0 aromatic carbocycles. The highest BCUT2D eigenvalue weighted by atomic mass is 14.2. The maximum absolute atomic E-state index is 5.72. The molecule has 2 radical (unpaired) electrons. The van der Waals surface area contributed by atoms with Crippen LogP contribution >= 0.6 is 0 Å². The highest BCUT2D eigenvalue weighted by Crippen LogP contribution is 2.26. The highest BCUT2D eigenvalue weighted by molar-refractivity contribution is 6.10. The molecule has 0 aromatic heterocycles. The minimum Gasteiger partial charge on any atom is -0.100 e. The molecular weight excluding hydrogens is 191 g/mol. The van der Waals surface area contributed by atoms with E-state index in [0.29, 0.717) is 12.2 Å². The molecule has 0 unspecified atom stereocenters. The van der Waals surface area contributed by atoms with Gasteiger partial charge in [-0.3, -0.25) is 0 Å². The number of hydrogen-bond acceptors (Lipinski definition) is 0. The van der Waals surface area contributed by atoms with E-state index in [2.05, 4.69) is 6.58 Å². The van der Waals surface area contributed by atoms with Crippen LogP contribution in [0.2, 0.25) is 6.32 Å². The third-order valence-corrected chi connectivity index (χ3v) is 3.94. The van der Waals surface area contributed by atoms with Crippen LogP contribution in [-0.2, 0) is 0 Å². The van der Waals surface area contributed by atoms with Gasteiger partial charge in [-0.25, -0.2) is 0 Å². The van der Waals surface area contributed by atoms with Crippen LogP contribution in [-0.4, -0.2) is 7.85 Å².